The van der Waals surface area contributed by atoms with E-state index >= 15 is 0 Å². The van der Waals surface area contributed by atoms with Gasteiger partial charge in [-0.15, -0.1) is 0 Å². The Hall–Kier alpha value is -4.16. The van der Waals surface area contributed by atoms with E-state index in [2.05, 4.69) is 31.5 Å². The fraction of sp³-hybridized carbons (Fsp3) is 0.222. The lowest BCUT2D eigenvalue weighted by atomic mass is 9.98. The Morgan fingerprint density at radius 2 is 1.72 bits per heavy atom. The molecule has 0 radical (unpaired) electrons. The minimum atomic E-state index is -2.15. The fourth-order valence-electron chi connectivity index (χ4n) is 4.61. The molecular weight excluding hydrogens is 472 g/mol. The summed E-state index contributed by atoms with van der Waals surface area (Å²) in [6.45, 7) is 1.62. The summed E-state index contributed by atoms with van der Waals surface area (Å²) in [4.78, 5) is 20.6. The van der Waals surface area contributed by atoms with Gasteiger partial charge in [-0.3, -0.25) is 4.79 Å². The molecule has 1 saturated heterocycles. The highest BCUT2D eigenvalue weighted by Crippen LogP contribution is 2.42. The first-order valence-electron chi connectivity index (χ1n) is 11.6. The predicted octanol–water partition coefficient (Wildman–Crippen LogP) is 4.74. The Bertz CT molecular complexity index is 1640. The first-order valence-corrected chi connectivity index (χ1v) is 13.5. The van der Waals surface area contributed by atoms with Crippen LogP contribution >= 0.6 is 0 Å². The number of nitrogens with two attached hydrogens (primary N) is 1. The number of hydrogen-bond donors (Lipinski definition) is 2. The van der Waals surface area contributed by atoms with E-state index in [1.165, 1.54) is 6.33 Å². The van der Waals surface area contributed by atoms with E-state index in [0.717, 1.165) is 40.6 Å². The highest BCUT2D eigenvalue weighted by molar-refractivity contribution is 7.93. The zero-order valence-electron chi connectivity index (χ0n) is 20.1. The monoisotopic (exact) mass is 498 g/mol. The SMILES string of the molecule is CC#CC(=O)Nc1ccc(-c2c(-c3ccc(N=S4(=O)CCCC4)cc3)c3c(N)ncnc3n2C)cc1. The molecule has 0 spiro atoms. The van der Waals surface area contributed by atoms with Gasteiger partial charge in [-0.1, -0.05) is 30.2 Å². The summed E-state index contributed by atoms with van der Waals surface area (Å²) >= 11 is 0. The lowest BCUT2D eigenvalue weighted by Gasteiger charge is -2.10. The highest BCUT2D eigenvalue weighted by atomic mass is 32.2. The molecule has 0 atom stereocenters. The van der Waals surface area contributed by atoms with Gasteiger partial charge in [0.25, 0.3) is 5.91 Å². The standard InChI is InChI=1S/C27H26N6O2S/c1-3-6-22(34)31-20-11-9-19(10-12-20)25-23(24-26(28)29-17-30-27(24)33(25)2)18-7-13-21(14-8-18)32-36(35)15-4-5-16-36/h7-14,17H,4-5,15-16H2,1-2H3,(H,31,34)(H2,28,29,30). The van der Waals surface area contributed by atoms with Gasteiger partial charge in [-0.05, 0) is 61.1 Å². The van der Waals surface area contributed by atoms with Crippen LogP contribution in [0.3, 0.4) is 0 Å². The molecule has 0 aliphatic carbocycles. The van der Waals surface area contributed by atoms with Gasteiger partial charge >= 0.3 is 0 Å². The molecule has 1 amide bonds. The molecule has 0 unspecified atom stereocenters. The number of nitrogens with one attached hydrogen (secondary N) is 1. The van der Waals surface area contributed by atoms with Gasteiger partial charge in [-0.25, -0.2) is 14.2 Å². The largest absolute Gasteiger partial charge is 0.383 e. The van der Waals surface area contributed by atoms with Gasteiger partial charge < -0.3 is 15.6 Å². The number of fused-ring (bicyclic) bond motifs is 1. The Labute approximate surface area is 210 Å². The van der Waals surface area contributed by atoms with Crippen molar-refractivity contribution in [1.29, 1.82) is 0 Å². The van der Waals surface area contributed by atoms with E-state index in [1.807, 2.05) is 60.1 Å². The van der Waals surface area contributed by atoms with E-state index in [9.17, 15) is 9.00 Å². The molecule has 0 saturated carbocycles. The molecule has 182 valence electrons. The van der Waals surface area contributed by atoms with E-state index in [0.29, 0.717) is 34.3 Å². The highest BCUT2D eigenvalue weighted by Gasteiger charge is 2.22. The van der Waals surface area contributed by atoms with E-state index in [4.69, 9.17) is 5.73 Å². The van der Waals surface area contributed by atoms with Crippen molar-refractivity contribution in [3.8, 4) is 34.2 Å². The number of benzene rings is 2. The molecule has 2 aromatic heterocycles. The maximum absolute atomic E-state index is 12.9. The van der Waals surface area contributed by atoms with Crippen molar-refractivity contribution < 1.29 is 9.00 Å². The third kappa shape index (κ3) is 4.43. The van der Waals surface area contributed by atoms with Crippen LogP contribution in [0.5, 0.6) is 0 Å². The van der Waals surface area contributed by atoms with Gasteiger partial charge in [0, 0.05) is 29.8 Å². The number of nitrogen functional groups attached to an aromatic ring is 1. The van der Waals surface area contributed by atoms with Crippen molar-refractivity contribution in [3.63, 3.8) is 0 Å². The van der Waals surface area contributed by atoms with E-state index in [1.54, 1.807) is 6.92 Å². The maximum Gasteiger partial charge on any atom is 0.300 e. The van der Waals surface area contributed by atoms with Gasteiger partial charge in [0.05, 0.1) is 26.5 Å². The summed E-state index contributed by atoms with van der Waals surface area (Å²) in [6, 6.07) is 15.3. The quantitative estimate of drug-likeness (QED) is 0.394. The topological polar surface area (TPSA) is 115 Å². The number of carbonyl (C=O) groups excluding carboxylic acids is 1. The molecule has 5 rings (SSSR count). The second kappa shape index (κ2) is 9.47. The number of hydrogen-bond acceptors (Lipinski definition) is 6. The zero-order valence-corrected chi connectivity index (χ0v) is 20.9. The van der Waals surface area contributed by atoms with Gasteiger partial charge in [0.2, 0.25) is 0 Å². The third-order valence-electron chi connectivity index (χ3n) is 6.26. The van der Waals surface area contributed by atoms with Crippen molar-refractivity contribution >= 4 is 43.9 Å². The molecule has 1 aliphatic rings. The van der Waals surface area contributed by atoms with Gasteiger partial charge in [-0.2, -0.15) is 4.36 Å². The van der Waals surface area contributed by atoms with Crippen LogP contribution in [0.15, 0.2) is 59.2 Å². The number of rotatable bonds is 4. The number of carbonyl (C=O) groups is 1. The first kappa shape index (κ1) is 23.6. The molecule has 8 nitrogen and oxygen atoms in total. The second-order valence-corrected chi connectivity index (χ2v) is 11.2. The molecule has 1 fully saturated rings. The first-order chi connectivity index (χ1) is 17.4. The summed E-state index contributed by atoms with van der Waals surface area (Å²) in [5, 5.41) is 3.52. The Morgan fingerprint density at radius 1 is 1.06 bits per heavy atom. The summed E-state index contributed by atoms with van der Waals surface area (Å²) in [5.74, 6) is 6.43. The third-order valence-corrected chi connectivity index (χ3v) is 8.65. The maximum atomic E-state index is 12.9. The molecule has 3 N–H and O–H groups in total. The predicted molar refractivity (Wildman–Crippen MR) is 145 cm³/mol. The van der Waals surface area contributed by atoms with Gasteiger partial charge in [0.1, 0.15) is 17.8 Å². The molecule has 9 heteroatoms. The molecule has 0 bridgehead atoms. The molecule has 3 heterocycles. The van der Waals surface area contributed by atoms with Crippen molar-refractivity contribution in [2.24, 2.45) is 11.4 Å². The van der Waals surface area contributed by atoms with Crippen LogP contribution in [0.2, 0.25) is 0 Å². The summed E-state index contributed by atoms with van der Waals surface area (Å²) in [7, 11) is -0.208. The second-order valence-electron chi connectivity index (χ2n) is 8.67. The molecule has 1 aliphatic heterocycles. The zero-order chi connectivity index (χ0) is 25.3. The number of aryl methyl sites for hydroxylation is 1. The lowest BCUT2D eigenvalue weighted by Crippen LogP contribution is -2.08. The van der Waals surface area contributed by atoms with Crippen LogP contribution in [-0.2, 0) is 21.6 Å². The molecular formula is C27H26N6O2S. The summed E-state index contributed by atoms with van der Waals surface area (Å²) in [5.41, 5.74) is 12.1. The van der Waals surface area contributed by atoms with Crippen LogP contribution in [-0.4, -0.2) is 36.2 Å². The number of aromatic nitrogens is 3. The lowest BCUT2D eigenvalue weighted by molar-refractivity contribution is -0.111. The minimum Gasteiger partial charge on any atom is -0.383 e. The van der Waals surface area contributed by atoms with Crippen LogP contribution in [0.4, 0.5) is 17.2 Å². The van der Waals surface area contributed by atoms with E-state index < -0.39 is 9.73 Å². The van der Waals surface area contributed by atoms with E-state index in [-0.39, 0.29) is 5.91 Å². The smallest absolute Gasteiger partial charge is 0.300 e. The van der Waals surface area contributed by atoms with Crippen LogP contribution in [0, 0.1) is 11.8 Å². The summed E-state index contributed by atoms with van der Waals surface area (Å²) in [6.07, 6.45) is 3.39. The van der Waals surface area contributed by atoms with Crippen LogP contribution in [0.1, 0.15) is 19.8 Å². The fourth-order valence-corrected chi connectivity index (χ4v) is 6.81. The minimum absolute atomic E-state index is 0.358. The van der Waals surface area contributed by atoms with Crippen molar-refractivity contribution in [3.05, 3.63) is 54.9 Å². The average Bonchev–Trinajstić information content (AvgIpc) is 3.42. The molecule has 36 heavy (non-hydrogen) atoms. The molecule has 4 aromatic rings. The Kier molecular flexibility index (Phi) is 6.20. The van der Waals surface area contributed by atoms with Crippen LogP contribution < -0.4 is 11.1 Å². The Morgan fingerprint density at radius 3 is 2.39 bits per heavy atom. The van der Waals surface area contributed by atoms with Crippen molar-refractivity contribution in [2.45, 2.75) is 19.8 Å². The number of nitrogens with zero attached hydrogens (tertiary/aromatic N) is 4. The van der Waals surface area contributed by atoms with Crippen molar-refractivity contribution in [2.75, 3.05) is 22.6 Å². The Balaban J connectivity index is 1.62. The normalized spacial score (nSPS) is 14.3. The van der Waals surface area contributed by atoms with Crippen molar-refractivity contribution in [1.82, 2.24) is 14.5 Å². The van der Waals surface area contributed by atoms with Crippen LogP contribution in [0.25, 0.3) is 33.4 Å². The molecule has 2 aromatic carbocycles. The average molecular weight is 499 g/mol. The number of amides is 1. The number of anilines is 2. The van der Waals surface area contributed by atoms with Gasteiger partial charge in [0.15, 0.2) is 0 Å². The summed E-state index contributed by atoms with van der Waals surface area (Å²) < 4.78 is 19.4.